The van der Waals surface area contributed by atoms with E-state index in [1.54, 1.807) is 6.92 Å². The molecular weight excluding hydrogens is 208 g/mol. The van der Waals surface area contributed by atoms with Crippen LogP contribution in [-0.2, 0) is 24.1 Å². The van der Waals surface area contributed by atoms with Crippen LogP contribution < -0.4 is 0 Å². The minimum atomic E-state index is -3.08. The van der Waals surface area contributed by atoms with E-state index in [1.165, 1.54) is 7.11 Å². The summed E-state index contributed by atoms with van der Waals surface area (Å²) in [6, 6.07) is 0. The van der Waals surface area contributed by atoms with Crippen molar-refractivity contribution in [3.63, 3.8) is 0 Å². The van der Waals surface area contributed by atoms with Gasteiger partial charge in [-0.1, -0.05) is 0 Å². The van der Waals surface area contributed by atoms with Crippen LogP contribution in [0.3, 0.4) is 0 Å². The quantitative estimate of drug-likeness (QED) is 0.440. The lowest BCUT2D eigenvalue weighted by Crippen LogP contribution is -2.31. The summed E-state index contributed by atoms with van der Waals surface area (Å²) in [6.45, 7) is 1.59. The summed E-state index contributed by atoms with van der Waals surface area (Å²) in [5.41, 5.74) is -0.786. The van der Waals surface area contributed by atoms with Gasteiger partial charge < -0.3 is 9.47 Å². The molecule has 3 unspecified atom stereocenters. The number of hydrogen-bond acceptors (Lipinski definition) is 5. The van der Waals surface area contributed by atoms with Gasteiger partial charge in [-0.2, -0.15) is 0 Å². The number of methoxy groups -OCH3 is 1. The predicted octanol–water partition coefficient (Wildman–Crippen LogP) is -0.496. The Bertz CT molecular complexity index is 373. The van der Waals surface area contributed by atoms with Crippen LogP contribution in [0, 0.1) is 0 Å². The van der Waals surface area contributed by atoms with E-state index in [0.29, 0.717) is 6.42 Å². The molecule has 2 saturated heterocycles. The minimum absolute atomic E-state index is 0.0989. The number of hydrogen-bond donors (Lipinski definition) is 0. The normalized spacial score (nSPS) is 43.9. The zero-order valence-electron chi connectivity index (χ0n) is 8.02. The molecular formula is C8H12O5S. The van der Waals surface area contributed by atoms with Crippen LogP contribution in [-0.4, -0.2) is 44.2 Å². The van der Waals surface area contributed by atoms with Crippen molar-refractivity contribution >= 4 is 15.8 Å². The molecule has 2 aliphatic heterocycles. The lowest BCUT2D eigenvalue weighted by Gasteiger charge is -2.07. The van der Waals surface area contributed by atoms with Gasteiger partial charge in [0.15, 0.2) is 15.9 Å². The lowest BCUT2D eigenvalue weighted by molar-refractivity contribution is -0.142. The lowest BCUT2D eigenvalue weighted by atomic mass is 9.99. The third-order valence-electron chi connectivity index (χ3n) is 3.14. The Labute approximate surface area is 82.3 Å². The zero-order chi connectivity index (χ0) is 10.6. The summed E-state index contributed by atoms with van der Waals surface area (Å²) in [5, 5.41) is -0.598. The monoisotopic (exact) mass is 220 g/mol. The largest absolute Gasteiger partial charge is 0.467 e. The molecule has 0 saturated carbocycles. The van der Waals surface area contributed by atoms with Gasteiger partial charge in [0.25, 0.3) is 0 Å². The Kier molecular flexibility index (Phi) is 1.91. The van der Waals surface area contributed by atoms with Gasteiger partial charge in [-0.05, 0) is 13.3 Å². The van der Waals surface area contributed by atoms with Gasteiger partial charge in [-0.25, -0.2) is 13.2 Å². The van der Waals surface area contributed by atoms with Gasteiger partial charge in [0.2, 0.25) is 0 Å². The number of carbonyl (C=O) groups excluding carboxylic acids is 1. The van der Waals surface area contributed by atoms with Crippen molar-refractivity contribution in [3.05, 3.63) is 0 Å². The van der Waals surface area contributed by atoms with E-state index in [2.05, 4.69) is 4.74 Å². The second-order valence-corrected chi connectivity index (χ2v) is 6.18. The number of esters is 1. The third kappa shape index (κ3) is 1.10. The van der Waals surface area contributed by atoms with Crippen molar-refractivity contribution in [2.24, 2.45) is 0 Å². The molecule has 2 rings (SSSR count). The first-order valence-corrected chi connectivity index (χ1v) is 6.13. The molecule has 2 heterocycles. The van der Waals surface area contributed by atoms with E-state index < -0.39 is 32.8 Å². The third-order valence-corrected chi connectivity index (χ3v) is 5.39. The van der Waals surface area contributed by atoms with E-state index in [-0.39, 0.29) is 5.75 Å². The van der Waals surface area contributed by atoms with E-state index in [1.807, 2.05) is 0 Å². The first-order valence-electron chi connectivity index (χ1n) is 4.41. The Morgan fingerprint density at radius 3 is 2.64 bits per heavy atom. The predicted molar refractivity (Wildman–Crippen MR) is 47.5 cm³/mol. The highest BCUT2D eigenvalue weighted by atomic mass is 32.2. The molecule has 80 valence electrons. The van der Waals surface area contributed by atoms with Crippen LogP contribution in [0.25, 0.3) is 0 Å². The highest BCUT2D eigenvalue weighted by molar-refractivity contribution is 7.92. The van der Waals surface area contributed by atoms with Crippen molar-refractivity contribution in [2.75, 3.05) is 12.9 Å². The van der Waals surface area contributed by atoms with Crippen molar-refractivity contribution in [3.8, 4) is 0 Å². The molecule has 2 fully saturated rings. The number of ether oxygens (including phenoxy) is 2. The standard InChI is InChI=1S/C8H12O5S/c1-5-8(3-4-14(5,10)11)6(13-8)7(9)12-2/h5-6H,3-4H2,1-2H3. The Morgan fingerprint density at radius 2 is 2.21 bits per heavy atom. The average molecular weight is 220 g/mol. The summed E-state index contributed by atoms with van der Waals surface area (Å²) < 4.78 is 32.6. The van der Waals surface area contributed by atoms with Crippen LogP contribution in [0.5, 0.6) is 0 Å². The van der Waals surface area contributed by atoms with Gasteiger partial charge in [0.05, 0.1) is 18.1 Å². The summed E-state index contributed by atoms with van der Waals surface area (Å²) in [4.78, 5) is 11.1. The molecule has 1 spiro atoms. The molecule has 0 aromatic carbocycles. The van der Waals surface area contributed by atoms with Gasteiger partial charge in [0.1, 0.15) is 5.60 Å². The topological polar surface area (TPSA) is 73.0 Å². The molecule has 0 aliphatic carbocycles. The SMILES string of the molecule is COC(=O)C1OC12CCS(=O)(=O)C2C. The fourth-order valence-electron chi connectivity index (χ4n) is 2.02. The number of epoxide rings is 1. The number of carbonyl (C=O) groups is 1. The summed E-state index contributed by atoms with van der Waals surface area (Å²) in [5.74, 6) is -0.379. The molecule has 14 heavy (non-hydrogen) atoms. The fraction of sp³-hybridized carbons (Fsp3) is 0.875. The van der Waals surface area contributed by atoms with Crippen LogP contribution in [0.1, 0.15) is 13.3 Å². The van der Waals surface area contributed by atoms with Crippen LogP contribution in [0.15, 0.2) is 0 Å². The molecule has 6 heteroatoms. The second kappa shape index (κ2) is 2.70. The average Bonchev–Trinajstić information content (AvgIpc) is 2.83. The molecule has 0 radical (unpaired) electrons. The smallest absolute Gasteiger partial charge is 0.338 e. The van der Waals surface area contributed by atoms with E-state index in [4.69, 9.17) is 4.74 Å². The summed E-state index contributed by atoms with van der Waals surface area (Å²) in [6.07, 6.45) is -0.282. The maximum atomic E-state index is 11.4. The first kappa shape index (κ1) is 9.92. The van der Waals surface area contributed by atoms with Gasteiger partial charge in [0, 0.05) is 0 Å². The van der Waals surface area contributed by atoms with Crippen molar-refractivity contribution in [2.45, 2.75) is 30.3 Å². The Morgan fingerprint density at radius 1 is 1.57 bits per heavy atom. The van der Waals surface area contributed by atoms with Gasteiger partial charge >= 0.3 is 5.97 Å². The van der Waals surface area contributed by atoms with Gasteiger partial charge in [-0.15, -0.1) is 0 Å². The molecule has 0 bridgehead atoms. The summed E-state index contributed by atoms with van der Waals surface area (Å²) >= 11 is 0. The zero-order valence-corrected chi connectivity index (χ0v) is 8.83. The Balaban J connectivity index is 2.21. The van der Waals surface area contributed by atoms with Crippen molar-refractivity contribution in [1.29, 1.82) is 0 Å². The molecule has 0 amide bonds. The molecule has 5 nitrogen and oxygen atoms in total. The van der Waals surface area contributed by atoms with Gasteiger partial charge in [-0.3, -0.25) is 0 Å². The maximum Gasteiger partial charge on any atom is 0.338 e. The first-order chi connectivity index (χ1) is 6.44. The Hall–Kier alpha value is -0.620. The number of rotatable bonds is 1. The molecule has 0 N–H and O–H groups in total. The minimum Gasteiger partial charge on any atom is -0.467 e. The highest BCUT2D eigenvalue weighted by Gasteiger charge is 2.70. The van der Waals surface area contributed by atoms with Crippen molar-refractivity contribution < 1.29 is 22.7 Å². The fourth-order valence-corrected chi connectivity index (χ4v) is 3.89. The van der Waals surface area contributed by atoms with E-state index in [9.17, 15) is 13.2 Å². The van der Waals surface area contributed by atoms with E-state index >= 15 is 0 Å². The molecule has 2 aliphatic rings. The van der Waals surface area contributed by atoms with Crippen molar-refractivity contribution in [1.82, 2.24) is 0 Å². The van der Waals surface area contributed by atoms with Crippen LogP contribution in [0.2, 0.25) is 0 Å². The summed E-state index contributed by atoms with van der Waals surface area (Å²) in [7, 11) is -1.81. The van der Waals surface area contributed by atoms with Crippen LogP contribution >= 0.6 is 0 Å². The molecule has 0 aromatic rings. The second-order valence-electron chi connectivity index (χ2n) is 3.74. The van der Waals surface area contributed by atoms with Crippen LogP contribution in [0.4, 0.5) is 0 Å². The molecule has 0 aromatic heterocycles. The van der Waals surface area contributed by atoms with E-state index in [0.717, 1.165) is 0 Å². The molecule has 3 atom stereocenters. The number of sulfone groups is 1. The highest BCUT2D eigenvalue weighted by Crippen LogP contribution is 2.50. The maximum absolute atomic E-state index is 11.4.